The lowest BCUT2D eigenvalue weighted by Gasteiger charge is -2.04. The lowest BCUT2D eigenvalue weighted by atomic mass is 10.3. The van der Waals surface area contributed by atoms with Gasteiger partial charge in [-0.2, -0.15) is 5.10 Å². The SMILES string of the molecule is Cn1ccc(CS(=O)(=O)c2ccc(N)c(F)c2)n1. The summed E-state index contributed by atoms with van der Waals surface area (Å²) in [6.07, 6.45) is 1.65. The van der Waals surface area contributed by atoms with E-state index in [1.807, 2.05) is 0 Å². The number of aryl methyl sites for hydroxylation is 1. The zero-order valence-electron chi connectivity index (χ0n) is 9.67. The first kappa shape index (κ1) is 12.6. The van der Waals surface area contributed by atoms with Gasteiger partial charge in [0.1, 0.15) is 5.82 Å². The van der Waals surface area contributed by atoms with Crippen LogP contribution >= 0.6 is 0 Å². The van der Waals surface area contributed by atoms with Crippen molar-refractivity contribution in [1.29, 1.82) is 0 Å². The number of anilines is 1. The van der Waals surface area contributed by atoms with Crippen molar-refractivity contribution in [3.8, 4) is 0 Å². The van der Waals surface area contributed by atoms with Crippen molar-refractivity contribution < 1.29 is 12.8 Å². The molecular weight excluding hydrogens is 257 g/mol. The molecular formula is C11H12FN3O2S. The van der Waals surface area contributed by atoms with Crippen molar-refractivity contribution in [3.63, 3.8) is 0 Å². The van der Waals surface area contributed by atoms with Gasteiger partial charge in [0.25, 0.3) is 0 Å². The number of aromatic nitrogens is 2. The van der Waals surface area contributed by atoms with E-state index in [4.69, 9.17) is 5.73 Å². The summed E-state index contributed by atoms with van der Waals surface area (Å²) in [6.45, 7) is 0. The van der Waals surface area contributed by atoms with E-state index in [9.17, 15) is 12.8 Å². The monoisotopic (exact) mass is 269 g/mol. The molecule has 0 aliphatic rings. The molecule has 0 spiro atoms. The maximum atomic E-state index is 13.2. The summed E-state index contributed by atoms with van der Waals surface area (Å²) in [6, 6.07) is 5.05. The number of nitrogens with two attached hydrogens (primary N) is 1. The molecule has 2 N–H and O–H groups in total. The van der Waals surface area contributed by atoms with Crippen molar-refractivity contribution >= 4 is 15.5 Å². The van der Waals surface area contributed by atoms with Crippen LogP contribution in [0.5, 0.6) is 0 Å². The van der Waals surface area contributed by atoms with Gasteiger partial charge >= 0.3 is 0 Å². The molecule has 5 nitrogen and oxygen atoms in total. The fraction of sp³-hybridized carbons (Fsp3) is 0.182. The molecule has 18 heavy (non-hydrogen) atoms. The molecule has 0 radical (unpaired) electrons. The molecule has 0 unspecified atom stereocenters. The fourth-order valence-corrected chi connectivity index (χ4v) is 2.79. The minimum absolute atomic E-state index is 0.0770. The van der Waals surface area contributed by atoms with E-state index in [1.54, 1.807) is 19.3 Å². The van der Waals surface area contributed by atoms with Crippen molar-refractivity contribution in [2.75, 3.05) is 5.73 Å². The molecule has 0 atom stereocenters. The highest BCUT2D eigenvalue weighted by Crippen LogP contribution is 2.19. The quantitative estimate of drug-likeness (QED) is 0.847. The molecule has 1 aromatic heterocycles. The highest BCUT2D eigenvalue weighted by atomic mass is 32.2. The van der Waals surface area contributed by atoms with Crippen molar-refractivity contribution in [2.45, 2.75) is 10.6 Å². The molecule has 7 heteroatoms. The van der Waals surface area contributed by atoms with Crippen LogP contribution in [-0.2, 0) is 22.6 Å². The lowest BCUT2D eigenvalue weighted by Crippen LogP contribution is -2.07. The number of nitrogen functional groups attached to an aromatic ring is 1. The van der Waals surface area contributed by atoms with Crippen molar-refractivity contribution in [2.24, 2.45) is 7.05 Å². The first-order chi connectivity index (χ1) is 8.38. The van der Waals surface area contributed by atoms with Gasteiger partial charge in [0.15, 0.2) is 9.84 Å². The average Bonchev–Trinajstić information content (AvgIpc) is 2.67. The third kappa shape index (κ3) is 2.51. The largest absolute Gasteiger partial charge is 0.396 e. The summed E-state index contributed by atoms with van der Waals surface area (Å²) >= 11 is 0. The summed E-state index contributed by atoms with van der Waals surface area (Å²) in [5.74, 6) is -1.01. The Balaban J connectivity index is 2.33. The van der Waals surface area contributed by atoms with E-state index in [2.05, 4.69) is 5.10 Å². The Kier molecular flexibility index (Phi) is 3.08. The van der Waals surface area contributed by atoms with E-state index < -0.39 is 15.7 Å². The van der Waals surface area contributed by atoms with E-state index in [-0.39, 0.29) is 16.3 Å². The topological polar surface area (TPSA) is 78.0 Å². The average molecular weight is 269 g/mol. The van der Waals surface area contributed by atoms with Crippen LogP contribution in [0, 0.1) is 5.82 Å². The van der Waals surface area contributed by atoms with Gasteiger partial charge in [0.05, 0.1) is 22.0 Å². The van der Waals surface area contributed by atoms with Gasteiger partial charge in [0, 0.05) is 13.2 Å². The third-order valence-electron chi connectivity index (χ3n) is 2.44. The van der Waals surface area contributed by atoms with E-state index in [1.165, 1.54) is 16.8 Å². The predicted octanol–water partition coefficient (Wildman–Crippen LogP) is 1.12. The van der Waals surface area contributed by atoms with Crippen LogP contribution in [0.15, 0.2) is 35.4 Å². The third-order valence-corrected chi connectivity index (χ3v) is 4.09. The smallest absolute Gasteiger partial charge is 0.184 e. The van der Waals surface area contributed by atoms with Gasteiger partial charge in [-0.3, -0.25) is 4.68 Å². The second-order valence-corrected chi connectivity index (χ2v) is 5.91. The predicted molar refractivity (Wildman–Crippen MR) is 64.9 cm³/mol. The molecule has 0 fully saturated rings. The summed E-state index contributed by atoms with van der Waals surface area (Å²) < 4.78 is 38.8. The van der Waals surface area contributed by atoms with E-state index >= 15 is 0 Å². The first-order valence-electron chi connectivity index (χ1n) is 5.15. The van der Waals surface area contributed by atoms with Crippen LogP contribution in [0.25, 0.3) is 0 Å². The summed E-state index contributed by atoms with van der Waals surface area (Å²) in [7, 11) is -1.92. The molecule has 0 saturated heterocycles. The Morgan fingerprint density at radius 3 is 2.67 bits per heavy atom. The van der Waals surface area contributed by atoms with Gasteiger partial charge in [-0.05, 0) is 24.3 Å². The van der Waals surface area contributed by atoms with E-state index in [0.717, 1.165) is 6.07 Å². The van der Waals surface area contributed by atoms with Crippen LogP contribution in [0.4, 0.5) is 10.1 Å². The van der Waals surface area contributed by atoms with Gasteiger partial charge < -0.3 is 5.73 Å². The summed E-state index contributed by atoms with van der Waals surface area (Å²) in [5, 5.41) is 3.98. The Morgan fingerprint density at radius 1 is 1.39 bits per heavy atom. The number of benzene rings is 1. The number of hydrogen-bond acceptors (Lipinski definition) is 4. The molecule has 96 valence electrons. The maximum Gasteiger partial charge on any atom is 0.184 e. The van der Waals surface area contributed by atoms with Crippen LogP contribution in [0.3, 0.4) is 0 Å². The molecule has 2 rings (SSSR count). The minimum atomic E-state index is -3.61. The number of sulfone groups is 1. The van der Waals surface area contributed by atoms with Crippen LogP contribution < -0.4 is 5.73 Å². The van der Waals surface area contributed by atoms with Gasteiger partial charge in [-0.15, -0.1) is 0 Å². The Labute approximate surface area is 104 Å². The number of rotatable bonds is 3. The highest BCUT2D eigenvalue weighted by Gasteiger charge is 2.18. The van der Waals surface area contributed by atoms with Gasteiger partial charge in [-0.1, -0.05) is 0 Å². The number of hydrogen-bond donors (Lipinski definition) is 1. The second kappa shape index (κ2) is 4.41. The lowest BCUT2D eigenvalue weighted by molar-refractivity contribution is 0.589. The summed E-state index contributed by atoms with van der Waals surface area (Å²) in [4.78, 5) is -0.0974. The molecule has 0 bridgehead atoms. The number of nitrogens with zero attached hydrogens (tertiary/aromatic N) is 2. The Morgan fingerprint density at radius 2 is 2.11 bits per heavy atom. The molecule has 0 amide bonds. The molecule has 0 aliphatic carbocycles. The zero-order chi connectivity index (χ0) is 13.3. The number of halogens is 1. The Bertz CT molecular complexity index is 679. The normalized spacial score (nSPS) is 11.7. The van der Waals surface area contributed by atoms with Crippen molar-refractivity contribution in [3.05, 3.63) is 42.0 Å². The van der Waals surface area contributed by atoms with Crippen molar-refractivity contribution in [1.82, 2.24) is 9.78 Å². The molecule has 0 aliphatic heterocycles. The van der Waals surface area contributed by atoms with E-state index in [0.29, 0.717) is 5.69 Å². The minimum Gasteiger partial charge on any atom is -0.396 e. The van der Waals surface area contributed by atoms with Gasteiger partial charge in [-0.25, -0.2) is 12.8 Å². The highest BCUT2D eigenvalue weighted by molar-refractivity contribution is 7.90. The zero-order valence-corrected chi connectivity index (χ0v) is 10.5. The molecule has 1 heterocycles. The van der Waals surface area contributed by atoms with Crippen LogP contribution in [-0.4, -0.2) is 18.2 Å². The van der Waals surface area contributed by atoms with Crippen LogP contribution in [0.2, 0.25) is 0 Å². The fourth-order valence-electron chi connectivity index (χ4n) is 1.52. The molecule has 2 aromatic rings. The standard InChI is InChI=1S/C11H12FN3O2S/c1-15-5-4-8(14-15)7-18(16,17)9-2-3-11(13)10(12)6-9/h2-6H,7,13H2,1H3. The summed E-state index contributed by atoms with van der Waals surface area (Å²) in [5.41, 5.74) is 5.64. The van der Waals surface area contributed by atoms with Gasteiger partial charge in [0.2, 0.25) is 0 Å². The second-order valence-electron chi connectivity index (χ2n) is 3.92. The Hall–Kier alpha value is -1.89. The molecule has 1 aromatic carbocycles. The van der Waals surface area contributed by atoms with Crippen LogP contribution in [0.1, 0.15) is 5.69 Å². The maximum absolute atomic E-state index is 13.2. The first-order valence-corrected chi connectivity index (χ1v) is 6.80. The molecule has 0 saturated carbocycles.